The number of hydrogen-bond acceptors (Lipinski definition) is 0. The number of aromatic nitrogens is 1. The molecular formula is C14H17N. The molecule has 1 aromatic carbocycles. The van der Waals surface area contributed by atoms with Gasteiger partial charge in [0, 0.05) is 17.8 Å². The summed E-state index contributed by atoms with van der Waals surface area (Å²) in [7, 11) is 0. The molecule has 0 spiro atoms. The third-order valence-corrected chi connectivity index (χ3v) is 2.70. The van der Waals surface area contributed by atoms with E-state index in [9.17, 15) is 0 Å². The molecule has 1 heterocycles. The van der Waals surface area contributed by atoms with Crippen LogP contribution in [0.15, 0.2) is 36.4 Å². The molecule has 0 fully saturated rings. The number of aromatic amines is 1. The standard InChI is InChI=1S/C14H17N/c1-3-13-8-9-14(15-13)10-12-6-4-11(2)5-7-12/h4-9,15H,3,10H2,1-2H3. The van der Waals surface area contributed by atoms with Crippen LogP contribution in [0.2, 0.25) is 0 Å². The van der Waals surface area contributed by atoms with Crippen LogP contribution >= 0.6 is 0 Å². The van der Waals surface area contributed by atoms with Crippen LogP contribution in [-0.2, 0) is 12.8 Å². The van der Waals surface area contributed by atoms with Crippen molar-refractivity contribution in [3.05, 3.63) is 58.9 Å². The predicted octanol–water partition coefficient (Wildman–Crippen LogP) is 3.48. The summed E-state index contributed by atoms with van der Waals surface area (Å²) in [5.74, 6) is 0. The van der Waals surface area contributed by atoms with Crippen LogP contribution in [0.25, 0.3) is 0 Å². The molecule has 0 aliphatic heterocycles. The van der Waals surface area contributed by atoms with E-state index in [0.29, 0.717) is 0 Å². The van der Waals surface area contributed by atoms with E-state index in [2.05, 4.69) is 55.2 Å². The van der Waals surface area contributed by atoms with Crippen LogP contribution in [0.1, 0.15) is 29.4 Å². The first-order valence-corrected chi connectivity index (χ1v) is 5.50. The lowest BCUT2D eigenvalue weighted by Crippen LogP contribution is -1.89. The van der Waals surface area contributed by atoms with Crippen LogP contribution in [0.3, 0.4) is 0 Å². The van der Waals surface area contributed by atoms with E-state index in [-0.39, 0.29) is 0 Å². The van der Waals surface area contributed by atoms with Crippen molar-refractivity contribution in [1.82, 2.24) is 4.98 Å². The maximum Gasteiger partial charge on any atom is 0.0193 e. The molecule has 1 N–H and O–H groups in total. The van der Waals surface area contributed by atoms with Crippen LogP contribution < -0.4 is 0 Å². The second-order valence-corrected chi connectivity index (χ2v) is 4.02. The minimum Gasteiger partial charge on any atom is -0.362 e. The molecule has 1 nitrogen and oxygen atoms in total. The molecule has 0 atom stereocenters. The van der Waals surface area contributed by atoms with Gasteiger partial charge in [-0.05, 0) is 31.0 Å². The summed E-state index contributed by atoms with van der Waals surface area (Å²) >= 11 is 0. The molecule has 0 amide bonds. The highest BCUT2D eigenvalue weighted by Crippen LogP contribution is 2.10. The Kier molecular flexibility index (Phi) is 2.91. The summed E-state index contributed by atoms with van der Waals surface area (Å²) in [4.78, 5) is 3.43. The van der Waals surface area contributed by atoms with Crippen molar-refractivity contribution in [3.8, 4) is 0 Å². The largest absolute Gasteiger partial charge is 0.362 e. The summed E-state index contributed by atoms with van der Waals surface area (Å²) in [6, 6.07) is 13.1. The maximum atomic E-state index is 3.43. The lowest BCUT2D eigenvalue weighted by atomic mass is 10.1. The fourth-order valence-electron chi connectivity index (χ4n) is 1.73. The van der Waals surface area contributed by atoms with Gasteiger partial charge in [-0.1, -0.05) is 36.8 Å². The van der Waals surface area contributed by atoms with Gasteiger partial charge in [0.1, 0.15) is 0 Å². The van der Waals surface area contributed by atoms with Crippen molar-refractivity contribution >= 4 is 0 Å². The van der Waals surface area contributed by atoms with Crippen molar-refractivity contribution in [2.45, 2.75) is 26.7 Å². The molecule has 0 unspecified atom stereocenters. The number of H-pyrrole nitrogens is 1. The second-order valence-electron chi connectivity index (χ2n) is 4.02. The molecule has 0 bridgehead atoms. The number of benzene rings is 1. The van der Waals surface area contributed by atoms with E-state index < -0.39 is 0 Å². The Labute approximate surface area is 91.2 Å². The van der Waals surface area contributed by atoms with Crippen molar-refractivity contribution < 1.29 is 0 Å². The minimum absolute atomic E-state index is 1.00. The molecule has 15 heavy (non-hydrogen) atoms. The SMILES string of the molecule is CCc1ccc(Cc2ccc(C)cc2)[nH]1. The van der Waals surface area contributed by atoms with Crippen LogP contribution in [-0.4, -0.2) is 4.98 Å². The Hall–Kier alpha value is -1.50. The first-order valence-electron chi connectivity index (χ1n) is 5.50. The zero-order chi connectivity index (χ0) is 10.7. The Morgan fingerprint density at radius 3 is 2.20 bits per heavy atom. The lowest BCUT2D eigenvalue weighted by Gasteiger charge is -2.00. The number of hydrogen-bond donors (Lipinski definition) is 1. The number of aryl methyl sites for hydroxylation is 2. The molecule has 0 saturated carbocycles. The summed E-state index contributed by atoms with van der Waals surface area (Å²) in [6.45, 7) is 4.29. The Morgan fingerprint density at radius 2 is 1.60 bits per heavy atom. The average Bonchev–Trinajstić information content (AvgIpc) is 2.69. The van der Waals surface area contributed by atoms with E-state index in [1.165, 1.54) is 22.5 Å². The van der Waals surface area contributed by atoms with Crippen LogP contribution in [0.4, 0.5) is 0 Å². The zero-order valence-electron chi connectivity index (χ0n) is 9.38. The Bertz CT molecular complexity index is 423. The summed E-state index contributed by atoms with van der Waals surface area (Å²) in [5, 5.41) is 0. The minimum atomic E-state index is 1.00. The Morgan fingerprint density at radius 1 is 0.933 bits per heavy atom. The van der Waals surface area contributed by atoms with E-state index in [1.54, 1.807) is 0 Å². The lowest BCUT2D eigenvalue weighted by molar-refractivity contribution is 1.01. The van der Waals surface area contributed by atoms with Crippen molar-refractivity contribution in [2.24, 2.45) is 0 Å². The van der Waals surface area contributed by atoms with Crippen molar-refractivity contribution in [3.63, 3.8) is 0 Å². The number of rotatable bonds is 3. The van der Waals surface area contributed by atoms with Gasteiger partial charge in [0.25, 0.3) is 0 Å². The highest BCUT2D eigenvalue weighted by atomic mass is 14.7. The highest BCUT2D eigenvalue weighted by Gasteiger charge is 1.98. The molecule has 0 saturated heterocycles. The first kappa shape index (κ1) is 10.0. The third kappa shape index (κ3) is 2.50. The van der Waals surface area contributed by atoms with Gasteiger partial charge in [0.15, 0.2) is 0 Å². The van der Waals surface area contributed by atoms with Crippen molar-refractivity contribution in [1.29, 1.82) is 0 Å². The molecule has 2 aromatic rings. The zero-order valence-corrected chi connectivity index (χ0v) is 9.38. The molecule has 0 radical (unpaired) electrons. The van der Waals surface area contributed by atoms with E-state index >= 15 is 0 Å². The highest BCUT2D eigenvalue weighted by molar-refractivity contribution is 5.26. The van der Waals surface area contributed by atoms with E-state index in [0.717, 1.165) is 12.8 Å². The smallest absolute Gasteiger partial charge is 0.0193 e. The van der Waals surface area contributed by atoms with Gasteiger partial charge >= 0.3 is 0 Å². The molecule has 0 aliphatic rings. The molecule has 2 rings (SSSR count). The topological polar surface area (TPSA) is 15.8 Å². The molecular weight excluding hydrogens is 182 g/mol. The van der Waals surface area contributed by atoms with Gasteiger partial charge in [0.2, 0.25) is 0 Å². The molecule has 1 aromatic heterocycles. The van der Waals surface area contributed by atoms with Crippen LogP contribution in [0, 0.1) is 6.92 Å². The summed E-state index contributed by atoms with van der Waals surface area (Å²) in [6.07, 6.45) is 2.08. The van der Waals surface area contributed by atoms with Crippen LogP contribution in [0.5, 0.6) is 0 Å². The van der Waals surface area contributed by atoms with E-state index in [4.69, 9.17) is 0 Å². The third-order valence-electron chi connectivity index (χ3n) is 2.70. The van der Waals surface area contributed by atoms with Gasteiger partial charge in [-0.15, -0.1) is 0 Å². The average molecular weight is 199 g/mol. The quantitative estimate of drug-likeness (QED) is 0.779. The predicted molar refractivity (Wildman–Crippen MR) is 64.2 cm³/mol. The fourth-order valence-corrected chi connectivity index (χ4v) is 1.73. The maximum absolute atomic E-state index is 3.43. The van der Waals surface area contributed by atoms with Gasteiger partial charge in [-0.3, -0.25) is 0 Å². The van der Waals surface area contributed by atoms with Gasteiger partial charge in [0.05, 0.1) is 0 Å². The first-order chi connectivity index (χ1) is 7.28. The number of nitrogens with one attached hydrogen (secondary N) is 1. The molecule has 78 valence electrons. The summed E-state index contributed by atoms with van der Waals surface area (Å²) in [5.41, 5.74) is 5.30. The molecule has 0 aliphatic carbocycles. The summed E-state index contributed by atoms with van der Waals surface area (Å²) < 4.78 is 0. The fraction of sp³-hybridized carbons (Fsp3) is 0.286. The van der Waals surface area contributed by atoms with Gasteiger partial charge in [-0.2, -0.15) is 0 Å². The second kappa shape index (κ2) is 4.35. The normalized spacial score (nSPS) is 10.5. The monoisotopic (exact) mass is 199 g/mol. The Balaban J connectivity index is 2.11. The van der Waals surface area contributed by atoms with E-state index in [1.807, 2.05) is 0 Å². The van der Waals surface area contributed by atoms with Crippen molar-refractivity contribution in [2.75, 3.05) is 0 Å². The van der Waals surface area contributed by atoms with Gasteiger partial charge < -0.3 is 4.98 Å². The molecule has 1 heteroatoms. The van der Waals surface area contributed by atoms with Gasteiger partial charge in [-0.25, -0.2) is 0 Å².